The van der Waals surface area contributed by atoms with Gasteiger partial charge in [0.1, 0.15) is 23.3 Å². The molecule has 0 atom stereocenters. The number of allylic oxidation sites excluding steroid dienone is 1. The zero-order valence-corrected chi connectivity index (χ0v) is 22.2. The van der Waals surface area contributed by atoms with Crippen LogP contribution in [0, 0.1) is 46.6 Å². The van der Waals surface area contributed by atoms with Gasteiger partial charge < -0.3 is 4.74 Å². The van der Waals surface area contributed by atoms with Crippen molar-refractivity contribution >= 4 is 0 Å². The molecule has 1 aromatic carbocycles. The number of nitriles is 1. The van der Waals surface area contributed by atoms with Crippen LogP contribution in [0.4, 0.5) is 8.78 Å². The minimum absolute atomic E-state index is 0.224. The van der Waals surface area contributed by atoms with Gasteiger partial charge in [-0.2, -0.15) is 5.26 Å². The number of nitrogens with zero attached hydrogens (tertiary/aromatic N) is 1. The molecule has 4 rings (SSSR count). The number of hydrogen-bond acceptors (Lipinski definition) is 2. The normalized spacial score (nSPS) is 31.4. The Kier molecular flexibility index (Phi) is 10.4. The van der Waals surface area contributed by atoms with Crippen LogP contribution in [0.25, 0.3) is 0 Å². The van der Waals surface area contributed by atoms with E-state index in [-0.39, 0.29) is 5.92 Å². The lowest BCUT2D eigenvalue weighted by molar-refractivity contribution is 0.00900. The average Bonchev–Trinajstić information content (AvgIpc) is 2.91. The van der Waals surface area contributed by atoms with Crippen molar-refractivity contribution in [3.05, 3.63) is 47.0 Å². The predicted molar refractivity (Wildman–Crippen MR) is 142 cm³/mol. The minimum atomic E-state index is -0.716. The number of hydrogen-bond donors (Lipinski definition) is 0. The second-order valence-corrected chi connectivity index (χ2v) is 11.8. The average molecular weight is 498 g/mol. The lowest BCUT2D eigenvalue weighted by atomic mass is 9.69. The molecule has 3 aliphatic rings. The highest BCUT2D eigenvalue weighted by molar-refractivity contribution is 5.36. The van der Waals surface area contributed by atoms with Crippen molar-refractivity contribution in [1.29, 1.82) is 5.26 Å². The summed E-state index contributed by atoms with van der Waals surface area (Å²) in [4.78, 5) is 0. The van der Waals surface area contributed by atoms with Crippen LogP contribution in [0.2, 0.25) is 0 Å². The maximum atomic E-state index is 14.0. The van der Waals surface area contributed by atoms with Crippen LogP contribution in [0.15, 0.2) is 24.3 Å². The van der Waals surface area contributed by atoms with Gasteiger partial charge in [-0.05, 0) is 125 Å². The minimum Gasteiger partial charge on any atom is -0.378 e. The summed E-state index contributed by atoms with van der Waals surface area (Å²) < 4.78 is 34.1. The first-order valence-electron chi connectivity index (χ1n) is 14.7. The molecule has 3 saturated carbocycles. The Bertz CT molecular complexity index is 859. The van der Waals surface area contributed by atoms with E-state index in [1.54, 1.807) is 6.07 Å². The summed E-state index contributed by atoms with van der Waals surface area (Å²) in [5.74, 6) is 2.31. The van der Waals surface area contributed by atoms with E-state index in [0.29, 0.717) is 6.10 Å². The molecule has 0 heterocycles. The molecule has 1 aromatic rings. The molecule has 0 unspecified atom stereocenters. The van der Waals surface area contributed by atoms with Gasteiger partial charge in [0.2, 0.25) is 0 Å². The van der Waals surface area contributed by atoms with E-state index < -0.39 is 17.2 Å². The Hall–Kier alpha value is -1.73. The second kappa shape index (κ2) is 13.7. The molecule has 0 aromatic heterocycles. The van der Waals surface area contributed by atoms with Crippen molar-refractivity contribution < 1.29 is 13.5 Å². The molecule has 0 spiro atoms. The maximum Gasteiger partial charge on any atom is 0.144 e. The third-order valence-corrected chi connectivity index (χ3v) is 9.63. The lowest BCUT2D eigenvalue weighted by Gasteiger charge is -2.38. The van der Waals surface area contributed by atoms with Crippen LogP contribution >= 0.6 is 0 Å². The first kappa shape index (κ1) is 27.3. The Morgan fingerprint density at radius 3 is 1.89 bits per heavy atom. The zero-order chi connectivity index (χ0) is 25.3. The molecule has 3 fully saturated rings. The molecule has 0 saturated heterocycles. The van der Waals surface area contributed by atoms with Crippen molar-refractivity contribution in [1.82, 2.24) is 0 Å². The highest BCUT2D eigenvalue weighted by Crippen LogP contribution is 2.43. The lowest BCUT2D eigenvalue weighted by Crippen LogP contribution is -2.29. The van der Waals surface area contributed by atoms with Gasteiger partial charge in [0.15, 0.2) is 0 Å². The standard InChI is InChI=1S/C32H45F2NO/c1-2-3-4-19-36-29-17-15-26(16-18-29)25-11-7-23(8-12-25)5-6-24-9-13-27(14-10-24)28-20-31(33)30(22-35)32(34)21-28/h2-3,20-21,23-27,29H,4-19H2,1H3/b3-2+. The van der Waals surface area contributed by atoms with E-state index in [1.165, 1.54) is 76.3 Å². The van der Waals surface area contributed by atoms with Gasteiger partial charge >= 0.3 is 0 Å². The fourth-order valence-corrected chi connectivity index (χ4v) is 7.34. The Morgan fingerprint density at radius 1 is 0.833 bits per heavy atom. The molecular formula is C32H45F2NO. The molecule has 4 heteroatoms. The van der Waals surface area contributed by atoms with Gasteiger partial charge in [-0.3, -0.25) is 0 Å². The summed E-state index contributed by atoms with van der Waals surface area (Å²) >= 11 is 0. The van der Waals surface area contributed by atoms with E-state index in [0.717, 1.165) is 67.9 Å². The molecule has 0 bridgehead atoms. The number of halogens is 2. The van der Waals surface area contributed by atoms with Gasteiger partial charge in [0, 0.05) is 0 Å². The van der Waals surface area contributed by atoms with E-state index in [9.17, 15) is 8.78 Å². The molecule has 0 radical (unpaired) electrons. The summed E-state index contributed by atoms with van der Waals surface area (Å²) in [5, 5.41) is 8.90. The van der Waals surface area contributed by atoms with Crippen LogP contribution in [0.1, 0.15) is 120 Å². The van der Waals surface area contributed by atoms with Gasteiger partial charge in [-0.1, -0.05) is 37.8 Å². The van der Waals surface area contributed by atoms with E-state index in [2.05, 4.69) is 19.1 Å². The molecule has 36 heavy (non-hydrogen) atoms. The van der Waals surface area contributed by atoms with E-state index in [4.69, 9.17) is 10.00 Å². The van der Waals surface area contributed by atoms with Crippen molar-refractivity contribution in [3.8, 4) is 6.07 Å². The number of ether oxygens (including phenoxy) is 1. The highest BCUT2D eigenvalue weighted by atomic mass is 19.1. The molecule has 3 aliphatic carbocycles. The summed E-state index contributed by atoms with van der Waals surface area (Å²) in [7, 11) is 0. The highest BCUT2D eigenvalue weighted by Gasteiger charge is 2.32. The SMILES string of the molecule is C/C=C/CCOC1CCC(C2CCC(CCC3CCC(c4cc(F)c(C#N)c(F)c4)CC3)CC2)CC1. The van der Waals surface area contributed by atoms with Crippen LogP contribution in [0.5, 0.6) is 0 Å². The van der Waals surface area contributed by atoms with Crippen molar-refractivity contribution in [2.45, 2.75) is 115 Å². The summed E-state index contributed by atoms with van der Waals surface area (Å²) in [6.45, 7) is 2.94. The third-order valence-electron chi connectivity index (χ3n) is 9.63. The van der Waals surface area contributed by atoms with Crippen molar-refractivity contribution in [2.24, 2.45) is 23.7 Å². The van der Waals surface area contributed by atoms with Gasteiger partial charge in [0.05, 0.1) is 12.7 Å². The zero-order valence-electron chi connectivity index (χ0n) is 22.2. The topological polar surface area (TPSA) is 33.0 Å². The molecule has 198 valence electrons. The summed E-state index contributed by atoms with van der Waals surface area (Å²) in [5.41, 5.74) is 0.273. The first-order valence-corrected chi connectivity index (χ1v) is 14.7. The summed E-state index contributed by atoms with van der Waals surface area (Å²) in [6.07, 6.45) is 23.7. The van der Waals surface area contributed by atoms with Crippen molar-refractivity contribution in [3.63, 3.8) is 0 Å². The van der Waals surface area contributed by atoms with Crippen LogP contribution in [-0.4, -0.2) is 12.7 Å². The predicted octanol–water partition coefficient (Wildman–Crippen LogP) is 9.24. The van der Waals surface area contributed by atoms with Crippen LogP contribution in [0.3, 0.4) is 0 Å². The fourth-order valence-electron chi connectivity index (χ4n) is 7.34. The smallest absolute Gasteiger partial charge is 0.144 e. The number of benzene rings is 1. The largest absolute Gasteiger partial charge is 0.378 e. The maximum absolute atomic E-state index is 14.0. The molecule has 2 nitrogen and oxygen atoms in total. The fraction of sp³-hybridized carbons (Fsp3) is 0.719. The van der Waals surface area contributed by atoms with Crippen LogP contribution < -0.4 is 0 Å². The summed E-state index contributed by atoms with van der Waals surface area (Å²) in [6, 6.07) is 4.39. The molecular weight excluding hydrogens is 452 g/mol. The monoisotopic (exact) mass is 497 g/mol. The van der Waals surface area contributed by atoms with E-state index in [1.807, 2.05) is 0 Å². The first-order chi connectivity index (χ1) is 17.6. The quantitative estimate of drug-likeness (QED) is 0.252. The third kappa shape index (κ3) is 7.41. The van der Waals surface area contributed by atoms with Gasteiger partial charge in [-0.15, -0.1) is 0 Å². The Labute approximate surface area is 217 Å². The Morgan fingerprint density at radius 2 is 1.36 bits per heavy atom. The number of rotatable bonds is 9. The van der Waals surface area contributed by atoms with Crippen molar-refractivity contribution in [2.75, 3.05) is 6.61 Å². The second-order valence-electron chi connectivity index (χ2n) is 11.8. The van der Waals surface area contributed by atoms with E-state index >= 15 is 0 Å². The van der Waals surface area contributed by atoms with Gasteiger partial charge in [-0.25, -0.2) is 8.78 Å². The molecule has 0 amide bonds. The van der Waals surface area contributed by atoms with Gasteiger partial charge in [0.25, 0.3) is 0 Å². The van der Waals surface area contributed by atoms with Crippen LogP contribution in [-0.2, 0) is 4.74 Å². The molecule has 0 aliphatic heterocycles. The Balaban J connectivity index is 1.11. The molecule has 0 N–H and O–H groups in total.